The molecule has 136 valence electrons. The van der Waals surface area contributed by atoms with Crippen LogP contribution in [0.4, 0.5) is 5.69 Å². The first-order valence-corrected chi connectivity index (χ1v) is 8.95. The molecule has 0 radical (unpaired) electrons. The molecule has 1 heterocycles. The van der Waals surface area contributed by atoms with Crippen LogP contribution in [0, 0.1) is 6.92 Å². The number of aliphatic imine (C=N–C) groups is 1. The molecule has 4 nitrogen and oxygen atoms in total. The van der Waals surface area contributed by atoms with E-state index in [1.54, 1.807) is 0 Å². The highest BCUT2D eigenvalue weighted by Crippen LogP contribution is 2.25. The van der Waals surface area contributed by atoms with E-state index in [9.17, 15) is 0 Å². The van der Waals surface area contributed by atoms with Crippen molar-refractivity contribution >= 4 is 46.5 Å². The van der Waals surface area contributed by atoms with Crippen LogP contribution < -0.4 is 11.1 Å². The van der Waals surface area contributed by atoms with E-state index in [1.807, 2.05) is 0 Å². The van der Waals surface area contributed by atoms with Crippen LogP contribution >= 0.6 is 24.0 Å². The third-order valence-electron chi connectivity index (χ3n) is 5.03. The van der Waals surface area contributed by atoms with Crippen molar-refractivity contribution in [1.29, 1.82) is 0 Å². The van der Waals surface area contributed by atoms with E-state index in [1.165, 1.54) is 52.4 Å². The molecule has 0 fully saturated rings. The van der Waals surface area contributed by atoms with Gasteiger partial charge in [0.05, 0.1) is 0 Å². The summed E-state index contributed by atoms with van der Waals surface area (Å²) in [5.74, 6) is 0.481. The number of halogens is 1. The molecule has 0 amide bonds. The average Bonchev–Trinajstić information content (AvgIpc) is 3.22. The molecule has 2 aromatic carbocycles. The lowest BCUT2D eigenvalue weighted by molar-refractivity contribution is 0.912. The van der Waals surface area contributed by atoms with E-state index in [-0.39, 0.29) is 24.0 Å². The van der Waals surface area contributed by atoms with Crippen molar-refractivity contribution in [2.45, 2.75) is 32.6 Å². The lowest BCUT2D eigenvalue weighted by Gasteiger charge is -2.08. The van der Waals surface area contributed by atoms with Crippen molar-refractivity contribution in [3.63, 3.8) is 0 Å². The van der Waals surface area contributed by atoms with Crippen LogP contribution in [0.2, 0.25) is 0 Å². The van der Waals surface area contributed by atoms with Crippen molar-refractivity contribution in [1.82, 2.24) is 4.98 Å². The Hall–Kier alpha value is -2.02. The number of aromatic nitrogens is 1. The number of H-pyrrole nitrogens is 1. The number of nitrogens with zero attached hydrogens (tertiary/aromatic N) is 1. The molecule has 0 atom stereocenters. The molecule has 0 saturated heterocycles. The molecule has 26 heavy (non-hydrogen) atoms. The van der Waals surface area contributed by atoms with Crippen LogP contribution in [0.25, 0.3) is 10.9 Å². The van der Waals surface area contributed by atoms with Crippen LogP contribution in [0.5, 0.6) is 0 Å². The lowest BCUT2D eigenvalue weighted by Crippen LogP contribution is -2.23. The van der Waals surface area contributed by atoms with Crippen molar-refractivity contribution < 1.29 is 0 Å². The number of anilines is 1. The standard InChI is InChI=1S/C21H24N4.HI/c1-14-4-2-7-19-20(14)17(13-24-19)10-11-23-21(22)25-18-9-8-15-5-3-6-16(15)12-18;/h2,4,7-9,12-13,24H,3,5-6,10-11H2,1H3,(H3,22,23,25);1H. The van der Waals surface area contributed by atoms with E-state index in [2.05, 4.69) is 64.8 Å². The number of fused-ring (bicyclic) bond motifs is 2. The monoisotopic (exact) mass is 460 g/mol. The first-order chi connectivity index (χ1) is 12.2. The number of hydrogen-bond donors (Lipinski definition) is 3. The molecule has 3 aromatic rings. The van der Waals surface area contributed by atoms with Gasteiger partial charge in [-0.1, -0.05) is 18.2 Å². The number of hydrogen-bond acceptors (Lipinski definition) is 1. The molecule has 0 spiro atoms. The summed E-state index contributed by atoms with van der Waals surface area (Å²) >= 11 is 0. The van der Waals surface area contributed by atoms with Crippen LogP contribution in [-0.2, 0) is 19.3 Å². The summed E-state index contributed by atoms with van der Waals surface area (Å²) in [6.45, 7) is 2.82. The number of aryl methyl sites for hydroxylation is 3. The molecule has 1 aliphatic rings. The Balaban J connectivity index is 0.00000196. The molecule has 5 heteroatoms. The van der Waals surface area contributed by atoms with Gasteiger partial charge in [0.1, 0.15) is 0 Å². The van der Waals surface area contributed by atoms with Crippen molar-refractivity contribution in [2.24, 2.45) is 10.7 Å². The number of guanidine groups is 1. The van der Waals surface area contributed by atoms with Gasteiger partial charge in [0.2, 0.25) is 0 Å². The SMILES string of the molecule is Cc1cccc2[nH]cc(CCN=C(N)Nc3ccc4c(c3)CCC4)c12.I. The summed E-state index contributed by atoms with van der Waals surface area (Å²) in [5, 5.41) is 4.53. The highest BCUT2D eigenvalue weighted by molar-refractivity contribution is 14.0. The van der Waals surface area contributed by atoms with E-state index in [4.69, 9.17) is 5.73 Å². The Kier molecular flexibility index (Phi) is 5.86. The minimum atomic E-state index is 0. The number of rotatable bonds is 4. The molecular formula is C21H25IN4. The Morgan fingerprint density at radius 2 is 2.04 bits per heavy atom. The Morgan fingerprint density at radius 1 is 1.19 bits per heavy atom. The summed E-state index contributed by atoms with van der Waals surface area (Å²) in [5.41, 5.74) is 13.8. The maximum atomic E-state index is 6.06. The van der Waals surface area contributed by atoms with Gasteiger partial charge in [0.15, 0.2) is 5.96 Å². The predicted molar refractivity (Wildman–Crippen MR) is 121 cm³/mol. The number of nitrogens with one attached hydrogen (secondary N) is 2. The first kappa shape index (κ1) is 18.8. The summed E-state index contributed by atoms with van der Waals surface area (Å²) in [7, 11) is 0. The molecule has 0 bridgehead atoms. The second-order valence-corrected chi connectivity index (χ2v) is 6.79. The minimum absolute atomic E-state index is 0. The number of benzene rings is 2. The van der Waals surface area contributed by atoms with Crippen molar-refractivity contribution in [3.8, 4) is 0 Å². The Labute approximate surface area is 171 Å². The smallest absolute Gasteiger partial charge is 0.193 e. The summed E-state index contributed by atoms with van der Waals surface area (Å²) in [6.07, 6.45) is 6.58. The van der Waals surface area contributed by atoms with Gasteiger partial charge in [0, 0.05) is 29.3 Å². The van der Waals surface area contributed by atoms with Crippen LogP contribution in [-0.4, -0.2) is 17.5 Å². The quantitative estimate of drug-likeness (QED) is 0.304. The lowest BCUT2D eigenvalue weighted by atomic mass is 10.1. The molecule has 1 aromatic heterocycles. The van der Waals surface area contributed by atoms with E-state index in [0.29, 0.717) is 12.5 Å². The molecule has 1 aliphatic carbocycles. The van der Waals surface area contributed by atoms with Crippen LogP contribution in [0.1, 0.15) is 28.7 Å². The largest absolute Gasteiger partial charge is 0.370 e. The third-order valence-corrected chi connectivity index (χ3v) is 5.03. The first-order valence-electron chi connectivity index (χ1n) is 8.95. The number of aromatic amines is 1. The zero-order valence-electron chi connectivity index (χ0n) is 15.0. The molecule has 4 rings (SSSR count). The van der Waals surface area contributed by atoms with Gasteiger partial charge in [-0.3, -0.25) is 4.99 Å². The second-order valence-electron chi connectivity index (χ2n) is 6.79. The van der Waals surface area contributed by atoms with Gasteiger partial charge in [0.25, 0.3) is 0 Å². The Morgan fingerprint density at radius 3 is 2.92 bits per heavy atom. The maximum Gasteiger partial charge on any atom is 0.193 e. The fourth-order valence-corrected chi connectivity index (χ4v) is 3.78. The zero-order chi connectivity index (χ0) is 17.2. The summed E-state index contributed by atoms with van der Waals surface area (Å²) < 4.78 is 0. The Bertz CT molecular complexity index is 942. The van der Waals surface area contributed by atoms with E-state index < -0.39 is 0 Å². The maximum absolute atomic E-state index is 6.06. The number of nitrogens with two attached hydrogens (primary N) is 1. The van der Waals surface area contributed by atoms with Crippen molar-refractivity contribution in [2.75, 3.05) is 11.9 Å². The van der Waals surface area contributed by atoms with Gasteiger partial charge < -0.3 is 16.0 Å². The normalized spacial score (nSPS) is 13.5. The fraction of sp³-hybridized carbons (Fsp3) is 0.286. The third kappa shape index (κ3) is 3.87. The van der Waals surface area contributed by atoms with Gasteiger partial charge >= 0.3 is 0 Å². The van der Waals surface area contributed by atoms with Crippen LogP contribution in [0.15, 0.2) is 47.6 Å². The van der Waals surface area contributed by atoms with Gasteiger partial charge in [-0.2, -0.15) is 0 Å². The van der Waals surface area contributed by atoms with Gasteiger partial charge in [-0.15, -0.1) is 24.0 Å². The highest BCUT2D eigenvalue weighted by atomic mass is 127. The molecule has 0 aliphatic heterocycles. The van der Waals surface area contributed by atoms with E-state index >= 15 is 0 Å². The molecule has 0 saturated carbocycles. The zero-order valence-corrected chi connectivity index (χ0v) is 17.3. The predicted octanol–water partition coefficient (Wildman–Crippen LogP) is 4.55. The minimum Gasteiger partial charge on any atom is -0.370 e. The fourth-order valence-electron chi connectivity index (χ4n) is 3.78. The molecular weight excluding hydrogens is 435 g/mol. The second kappa shape index (κ2) is 8.12. The average molecular weight is 460 g/mol. The highest BCUT2D eigenvalue weighted by Gasteiger charge is 2.11. The summed E-state index contributed by atoms with van der Waals surface area (Å²) in [6, 6.07) is 12.8. The van der Waals surface area contributed by atoms with Crippen molar-refractivity contribution in [3.05, 3.63) is 64.8 Å². The van der Waals surface area contributed by atoms with Gasteiger partial charge in [-0.25, -0.2) is 0 Å². The van der Waals surface area contributed by atoms with E-state index in [0.717, 1.165) is 12.1 Å². The van der Waals surface area contributed by atoms with Gasteiger partial charge in [-0.05, 0) is 73.1 Å². The van der Waals surface area contributed by atoms with Crippen LogP contribution in [0.3, 0.4) is 0 Å². The topological polar surface area (TPSA) is 66.2 Å². The molecule has 4 N–H and O–H groups in total. The summed E-state index contributed by atoms with van der Waals surface area (Å²) in [4.78, 5) is 7.83. The molecule has 0 unspecified atom stereocenters.